The molecule has 2 aromatic heterocycles. The maximum Gasteiger partial charge on any atom is 0.269 e. The zero-order valence-electron chi connectivity index (χ0n) is 15.2. The number of rotatable bonds is 7. The van der Waals surface area contributed by atoms with Crippen molar-refractivity contribution in [3.63, 3.8) is 0 Å². The van der Waals surface area contributed by atoms with Gasteiger partial charge in [-0.25, -0.2) is 4.98 Å². The number of para-hydroxylation sites is 1. The number of amides is 1. The highest BCUT2D eigenvalue weighted by Gasteiger charge is 2.13. The summed E-state index contributed by atoms with van der Waals surface area (Å²) in [4.78, 5) is 27.0. The van der Waals surface area contributed by atoms with Gasteiger partial charge in [0, 0.05) is 23.1 Å². The molecule has 0 aliphatic heterocycles. The Bertz CT molecular complexity index is 1180. The first kappa shape index (κ1) is 19.7. The molecule has 0 unspecified atom stereocenters. The van der Waals surface area contributed by atoms with Crippen molar-refractivity contribution in [2.24, 2.45) is 0 Å². The third kappa shape index (κ3) is 4.50. The summed E-state index contributed by atoms with van der Waals surface area (Å²) in [6.45, 7) is 0. The molecule has 0 saturated heterocycles. The molecule has 2 aromatic carbocycles. The van der Waals surface area contributed by atoms with Crippen molar-refractivity contribution in [2.75, 3.05) is 11.1 Å². The maximum absolute atomic E-state index is 12.3. The average molecular weight is 439 g/mol. The number of nitro groups is 1. The van der Waals surface area contributed by atoms with Crippen LogP contribution in [0.15, 0.2) is 65.1 Å². The second-order valence-electron chi connectivity index (χ2n) is 5.89. The summed E-state index contributed by atoms with van der Waals surface area (Å²) in [6.07, 6.45) is 0. The van der Waals surface area contributed by atoms with E-state index >= 15 is 0 Å². The van der Waals surface area contributed by atoms with Crippen LogP contribution in [0.3, 0.4) is 0 Å². The standard InChI is InChI=1S/C18H13N7O3S2/c26-16(11-30-18-21-22-23-24(18)13-4-2-1-3-5-13)20-17-19-15(10-29-17)12-6-8-14(9-7-12)25(27)28/h1-10H,11H2,(H,19,20,26). The van der Waals surface area contributed by atoms with E-state index in [1.54, 1.807) is 22.2 Å². The molecule has 150 valence electrons. The van der Waals surface area contributed by atoms with Crippen molar-refractivity contribution in [1.82, 2.24) is 25.2 Å². The Balaban J connectivity index is 1.37. The van der Waals surface area contributed by atoms with Gasteiger partial charge in [0.05, 0.1) is 22.1 Å². The van der Waals surface area contributed by atoms with Crippen molar-refractivity contribution in [3.05, 3.63) is 70.1 Å². The largest absolute Gasteiger partial charge is 0.301 e. The number of thioether (sulfide) groups is 1. The molecule has 0 atom stereocenters. The normalized spacial score (nSPS) is 10.7. The number of tetrazole rings is 1. The highest BCUT2D eigenvalue weighted by Crippen LogP contribution is 2.27. The van der Waals surface area contributed by atoms with E-state index in [0.717, 1.165) is 11.3 Å². The minimum Gasteiger partial charge on any atom is -0.301 e. The first-order chi connectivity index (χ1) is 14.6. The van der Waals surface area contributed by atoms with Gasteiger partial charge in [-0.15, -0.1) is 16.4 Å². The Morgan fingerprint density at radius 3 is 2.67 bits per heavy atom. The van der Waals surface area contributed by atoms with Gasteiger partial charge < -0.3 is 5.32 Å². The molecule has 12 heteroatoms. The highest BCUT2D eigenvalue weighted by molar-refractivity contribution is 7.99. The fourth-order valence-corrected chi connectivity index (χ4v) is 3.93. The first-order valence-electron chi connectivity index (χ1n) is 8.57. The molecule has 0 bridgehead atoms. The van der Waals surface area contributed by atoms with Gasteiger partial charge in [-0.05, 0) is 34.7 Å². The van der Waals surface area contributed by atoms with Crippen LogP contribution in [0.5, 0.6) is 0 Å². The molecule has 0 saturated carbocycles. The fraction of sp³-hybridized carbons (Fsp3) is 0.0556. The lowest BCUT2D eigenvalue weighted by atomic mass is 10.1. The molecule has 0 aliphatic carbocycles. The van der Waals surface area contributed by atoms with Crippen molar-refractivity contribution in [2.45, 2.75) is 5.16 Å². The number of carbonyl (C=O) groups excluding carboxylic acids is 1. The number of aromatic nitrogens is 5. The molecule has 10 nitrogen and oxygen atoms in total. The minimum atomic E-state index is -0.456. The predicted molar refractivity (Wildman–Crippen MR) is 113 cm³/mol. The molecular weight excluding hydrogens is 426 g/mol. The zero-order valence-corrected chi connectivity index (χ0v) is 16.8. The SMILES string of the molecule is O=C(CSc1nnnn1-c1ccccc1)Nc1nc(-c2ccc([N+](=O)[O-])cc2)cs1. The third-order valence-corrected chi connectivity index (χ3v) is 5.58. The number of nitrogens with one attached hydrogen (secondary N) is 1. The topological polar surface area (TPSA) is 129 Å². The molecular formula is C18H13N7O3S2. The summed E-state index contributed by atoms with van der Waals surface area (Å²) >= 11 is 2.49. The van der Waals surface area contributed by atoms with Gasteiger partial charge in [-0.3, -0.25) is 14.9 Å². The van der Waals surface area contributed by atoms with Crippen LogP contribution in [0.2, 0.25) is 0 Å². The summed E-state index contributed by atoms with van der Waals surface area (Å²) in [6, 6.07) is 15.5. The quantitative estimate of drug-likeness (QED) is 0.263. The number of non-ortho nitro benzene ring substituents is 1. The van der Waals surface area contributed by atoms with Crippen molar-refractivity contribution in [3.8, 4) is 16.9 Å². The predicted octanol–water partition coefficient (Wildman–Crippen LogP) is 3.42. The number of anilines is 1. The Hall–Kier alpha value is -3.64. The monoisotopic (exact) mass is 439 g/mol. The van der Waals surface area contributed by atoms with E-state index in [0.29, 0.717) is 16.0 Å². The number of hydrogen-bond acceptors (Lipinski definition) is 9. The molecule has 1 N–H and O–H groups in total. The van der Waals surface area contributed by atoms with E-state index in [-0.39, 0.29) is 17.3 Å². The lowest BCUT2D eigenvalue weighted by Crippen LogP contribution is -2.14. The van der Waals surface area contributed by atoms with Gasteiger partial charge in [-0.1, -0.05) is 30.0 Å². The van der Waals surface area contributed by atoms with Crippen LogP contribution >= 0.6 is 23.1 Å². The number of hydrogen-bond donors (Lipinski definition) is 1. The molecule has 4 aromatic rings. The average Bonchev–Trinajstić information content (AvgIpc) is 3.42. The first-order valence-corrected chi connectivity index (χ1v) is 10.4. The molecule has 0 radical (unpaired) electrons. The Morgan fingerprint density at radius 2 is 1.93 bits per heavy atom. The van der Waals surface area contributed by atoms with Crippen LogP contribution < -0.4 is 5.32 Å². The number of nitrogens with zero attached hydrogens (tertiary/aromatic N) is 6. The van der Waals surface area contributed by atoms with Crippen molar-refractivity contribution in [1.29, 1.82) is 0 Å². The van der Waals surface area contributed by atoms with E-state index < -0.39 is 4.92 Å². The van der Waals surface area contributed by atoms with Crippen LogP contribution in [-0.4, -0.2) is 41.8 Å². The second-order valence-corrected chi connectivity index (χ2v) is 7.69. The van der Waals surface area contributed by atoms with Gasteiger partial charge in [0.2, 0.25) is 11.1 Å². The van der Waals surface area contributed by atoms with Gasteiger partial charge in [0.25, 0.3) is 5.69 Å². The molecule has 2 heterocycles. The summed E-state index contributed by atoms with van der Waals surface area (Å²) < 4.78 is 1.56. The number of thiazole rings is 1. The van der Waals surface area contributed by atoms with Crippen LogP contribution in [0.1, 0.15) is 0 Å². The number of benzene rings is 2. The highest BCUT2D eigenvalue weighted by atomic mass is 32.2. The summed E-state index contributed by atoms with van der Waals surface area (Å²) in [7, 11) is 0. The summed E-state index contributed by atoms with van der Waals surface area (Å²) in [5.41, 5.74) is 2.18. The van der Waals surface area contributed by atoms with E-state index in [2.05, 4.69) is 25.8 Å². The van der Waals surface area contributed by atoms with E-state index in [1.165, 1.54) is 35.2 Å². The molecule has 1 amide bonds. The third-order valence-electron chi connectivity index (χ3n) is 3.90. The zero-order chi connectivity index (χ0) is 20.9. The number of nitro benzene ring substituents is 1. The van der Waals surface area contributed by atoms with Crippen LogP contribution in [0, 0.1) is 10.1 Å². The molecule has 0 spiro atoms. The lowest BCUT2D eigenvalue weighted by molar-refractivity contribution is -0.384. The maximum atomic E-state index is 12.3. The van der Waals surface area contributed by atoms with E-state index in [9.17, 15) is 14.9 Å². The lowest BCUT2D eigenvalue weighted by Gasteiger charge is -2.04. The number of carbonyl (C=O) groups is 1. The summed E-state index contributed by atoms with van der Waals surface area (Å²) in [5, 5.41) is 27.8. The summed E-state index contributed by atoms with van der Waals surface area (Å²) in [5.74, 6) is -0.133. The van der Waals surface area contributed by atoms with Crippen LogP contribution in [0.4, 0.5) is 10.8 Å². The Morgan fingerprint density at radius 1 is 1.17 bits per heavy atom. The smallest absolute Gasteiger partial charge is 0.269 e. The van der Waals surface area contributed by atoms with Crippen LogP contribution in [-0.2, 0) is 4.79 Å². The Labute approximate surface area is 178 Å². The van der Waals surface area contributed by atoms with E-state index in [4.69, 9.17) is 0 Å². The molecule has 30 heavy (non-hydrogen) atoms. The Kier molecular flexibility index (Phi) is 5.77. The van der Waals surface area contributed by atoms with E-state index in [1.807, 2.05) is 30.3 Å². The minimum absolute atomic E-state index is 0.0115. The molecule has 0 aliphatic rings. The van der Waals surface area contributed by atoms with Gasteiger partial charge in [-0.2, -0.15) is 4.68 Å². The fourth-order valence-electron chi connectivity index (χ4n) is 2.50. The van der Waals surface area contributed by atoms with Gasteiger partial charge in [0.15, 0.2) is 5.13 Å². The van der Waals surface area contributed by atoms with Crippen LogP contribution in [0.25, 0.3) is 16.9 Å². The van der Waals surface area contributed by atoms with Crippen molar-refractivity contribution >= 4 is 39.8 Å². The van der Waals surface area contributed by atoms with Gasteiger partial charge in [0.1, 0.15) is 0 Å². The molecule has 4 rings (SSSR count). The van der Waals surface area contributed by atoms with Crippen molar-refractivity contribution < 1.29 is 9.72 Å². The van der Waals surface area contributed by atoms with Gasteiger partial charge >= 0.3 is 0 Å². The second kappa shape index (κ2) is 8.80. The molecule has 0 fully saturated rings.